The van der Waals surface area contributed by atoms with Gasteiger partial charge in [0.2, 0.25) is 0 Å². The highest BCUT2D eigenvalue weighted by molar-refractivity contribution is 7.08. The van der Waals surface area contributed by atoms with Crippen molar-refractivity contribution in [1.29, 1.82) is 0 Å². The van der Waals surface area contributed by atoms with E-state index in [2.05, 4.69) is 15.2 Å². The Labute approximate surface area is 116 Å². The zero-order chi connectivity index (χ0) is 13.1. The molecule has 2 aromatic heterocycles. The minimum absolute atomic E-state index is 0.0223. The molecule has 19 heavy (non-hydrogen) atoms. The van der Waals surface area contributed by atoms with Gasteiger partial charge in [0.25, 0.3) is 5.91 Å². The molecule has 1 fully saturated rings. The van der Waals surface area contributed by atoms with Crippen LogP contribution in [-0.2, 0) is 0 Å². The molecule has 4 nitrogen and oxygen atoms in total. The number of amides is 1. The minimum atomic E-state index is 0.0223. The van der Waals surface area contributed by atoms with Gasteiger partial charge in [-0.15, -0.1) is 0 Å². The lowest BCUT2D eigenvalue weighted by molar-refractivity contribution is 0.0941. The number of hydrogen-bond donors (Lipinski definition) is 1. The van der Waals surface area contributed by atoms with Crippen molar-refractivity contribution in [2.24, 2.45) is 0 Å². The second-order valence-electron chi connectivity index (χ2n) is 4.61. The van der Waals surface area contributed by atoms with Crippen molar-refractivity contribution in [2.75, 3.05) is 18.0 Å². The summed E-state index contributed by atoms with van der Waals surface area (Å²) >= 11 is 1.54. The third-order valence-corrected chi connectivity index (χ3v) is 3.96. The molecule has 5 heteroatoms. The lowest BCUT2D eigenvalue weighted by atomic mass is 10.2. The summed E-state index contributed by atoms with van der Waals surface area (Å²) in [5, 5.41) is 6.88. The van der Waals surface area contributed by atoms with E-state index < -0.39 is 0 Å². The fourth-order valence-electron chi connectivity index (χ4n) is 2.29. The first-order valence-electron chi connectivity index (χ1n) is 6.32. The van der Waals surface area contributed by atoms with Crippen LogP contribution in [0.15, 0.2) is 41.2 Å². The van der Waals surface area contributed by atoms with E-state index in [0.717, 1.165) is 30.9 Å². The molecule has 0 saturated carbocycles. The molecular weight excluding hydrogens is 258 g/mol. The van der Waals surface area contributed by atoms with Crippen LogP contribution in [0.3, 0.4) is 0 Å². The van der Waals surface area contributed by atoms with E-state index >= 15 is 0 Å². The van der Waals surface area contributed by atoms with Gasteiger partial charge in [-0.3, -0.25) is 4.79 Å². The minimum Gasteiger partial charge on any atom is -0.354 e. The molecule has 98 valence electrons. The van der Waals surface area contributed by atoms with Crippen LogP contribution in [-0.4, -0.2) is 30.0 Å². The highest BCUT2D eigenvalue weighted by Gasteiger charge is 2.24. The summed E-state index contributed by atoms with van der Waals surface area (Å²) in [6.45, 7) is 1.76. The van der Waals surface area contributed by atoms with Gasteiger partial charge in [0, 0.05) is 36.3 Å². The molecule has 1 saturated heterocycles. The van der Waals surface area contributed by atoms with Gasteiger partial charge in [0.05, 0.1) is 0 Å². The molecule has 1 amide bonds. The number of pyridine rings is 1. The lowest BCUT2D eigenvalue weighted by Crippen LogP contribution is -2.37. The summed E-state index contributed by atoms with van der Waals surface area (Å²) < 4.78 is 0. The van der Waals surface area contributed by atoms with Gasteiger partial charge in [0.15, 0.2) is 0 Å². The maximum atomic E-state index is 12.0. The second-order valence-corrected chi connectivity index (χ2v) is 5.39. The first kappa shape index (κ1) is 12.2. The molecule has 0 aromatic carbocycles. The molecule has 0 radical (unpaired) electrons. The Hall–Kier alpha value is -1.88. The summed E-state index contributed by atoms with van der Waals surface area (Å²) in [7, 11) is 0. The maximum absolute atomic E-state index is 12.0. The van der Waals surface area contributed by atoms with E-state index in [9.17, 15) is 4.79 Å². The molecule has 0 bridgehead atoms. The lowest BCUT2D eigenvalue weighted by Gasteiger charge is -2.17. The highest BCUT2D eigenvalue weighted by atomic mass is 32.1. The molecule has 0 aliphatic carbocycles. The molecular formula is C14H15N3OS. The van der Waals surface area contributed by atoms with E-state index in [1.54, 1.807) is 17.5 Å². The van der Waals surface area contributed by atoms with Crippen LogP contribution in [0.1, 0.15) is 16.8 Å². The van der Waals surface area contributed by atoms with Crippen molar-refractivity contribution in [1.82, 2.24) is 10.3 Å². The van der Waals surface area contributed by atoms with Crippen molar-refractivity contribution < 1.29 is 4.79 Å². The Kier molecular flexibility index (Phi) is 3.46. The van der Waals surface area contributed by atoms with Crippen LogP contribution in [0.25, 0.3) is 0 Å². The summed E-state index contributed by atoms with van der Waals surface area (Å²) in [6.07, 6.45) is 2.76. The van der Waals surface area contributed by atoms with Crippen molar-refractivity contribution in [3.63, 3.8) is 0 Å². The van der Waals surface area contributed by atoms with E-state index in [1.807, 2.05) is 35.0 Å². The summed E-state index contributed by atoms with van der Waals surface area (Å²) in [5.41, 5.74) is 0.751. The van der Waals surface area contributed by atoms with Gasteiger partial charge >= 0.3 is 0 Å². The Morgan fingerprint density at radius 2 is 2.37 bits per heavy atom. The molecule has 1 unspecified atom stereocenters. The zero-order valence-corrected chi connectivity index (χ0v) is 11.3. The summed E-state index contributed by atoms with van der Waals surface area (Å²) in [6, 6.07) is 7.96. The third kappa shape index (κ3) is 2.76. The molecule has 1 atom stereocenters. The number of aromatic nitrogens is 1. The average molecular weight is 273 g/mol. The van der Waals surface area contributed by atoms with Gasteiger partial charge in [-0.1, -0.05) is 6.07 Å². The molecule has 3 rings (SSSR count). The first-order valence-corrected chi connectivity index (χ1v) is 7.26. The number of anilines is 1. The summed E-state index contributed by atoms with van der Waals surface area (Å²) in [5.74, 6) is 1.00. The Balaban J connectivity index is 1.59. The van der Waals surface area contributed by atoms with Gasteiger partial charge in [-0.05, 0) is 30.0 Å². The fourth-order valence-corrected chi connectivity index (χ4v) is 2.93. The van der Waals surface area contributed by atoms with E-state index in [1.165, 1.54) is 0 Å². The SMILES string of the molecule is O=C(NC1CCN(c2ccccn2)C1)c1ccsc1. The molecule has 0 spiro atoms. The molecule has 2 aromatic rings. The number of carbonyl (C=O) groups excluding carboxylic acids is 1. The van der Waals surface area contributed by atoms with Crippen LogP contribution in [0, 0.1) is 0 Å². The second kappa shape index (κ2) is 5.40. The quantitative estimate of drug-likeness (QED) is 0.932. The molecule has 3 heterocycles. The van der Waals surface area contributed by atoms with Crippen LogP contribution in [0.5, 0.6) is 0 Å². The standard InChI is InChI=1S/C14H15N3OS/c18-14(11-5-8-19-10-11)16-12-4-7-17(9-12)13-3-1-2-6-15-13/h1-3,5-6,8,10,12H,4,7,9H2,(H,16,18). The van der Waals surface area contributed by atoms with Crippen molar-refractivity contribution >= 4 is 23.1 Å². The van der Waals surface area contributed by atoms with Gasteiger partial charge in [-0.25, -0.2) is 4.98 Å². The van der Waals surface area contributed by atoms with Crippen LogP contribution in [0.4, 0.5) is 5.82 Å². The molecule has 1 N–H and O–H groups in total. The maximum Gasteiger partial charge on any atom is 0.252 e. The average Bonchev–Trinajstić information content (AvgIpc) is 3.11. The first-order chi connectivity index (χ1) is 9.33. The smallest absolute Gasteiger partial charge is 0.252 e. The number of hydrogen-bond acceptors (Lipinski definition) is 4. The van der Waals surface area contributed by atoms with Crippen LogP contribution < -0.4 is 10.2 Å². The van der Waals surface area contributed by atoms with E-state index in [-0.39, 0.29) is 11.9 Å². The normalized spacial score (nSPS) is 18.5. The summed E-state index contributed by atoms with van der Waals surface area (Å²) in [4.78, 5) is 18.5. The fraction of sp³-hybridized carbons (Fsp3) is 0.286. The number of carbonyl (C=O) groups is 1. The number of nitrogens with one attached hydrogen (secondary N) is 1. The monoisotopic (exact) mass is 273 g/mol. The predicted octanol–water partition coefficient (Wildman–Crippen LogP) is 2.15. The Morgan fingerprint density at radius 1 is 1.42 bits per heavy atom. The van der Waals surface area contributed by atoms with Crippen LogP contribution >= 0.6 is 11.3 Å². The van der Waals surface area contributed by atoms with E-state index in [0.29, 0.717) is 0 Å². The van der Waals surface area contributed by atoms with Gasteiger partial charge in [0.1, 0.15) is 5.82 Å². The highest BCUT2D eigenvalue weighted by Crippen LogP contribution is 2.17. The zero-order valence-electron chi connectivity index (χ0n) is 10.5. The molecule has 1 aliphatic rings. The Morgan fingerprint density at radius 3 is 3.11 bits per heavy atom. The molecule has 1 aliphatic heterocycles. The number of thiophene rings is 1. The Bertz CT molecular complexity index is 541. The third-order valence-electron chi connectivity index (χ3n) is 3.28. The predicted molar refractivity (Wildman–Crippen MR) is 76.6 cm³/mol. The van der Waals surface area contributed by atoms with Gasteiger partial charge in [-0.2, -0.15) is 11.3 Å². The van der Waals surface area contributed by atoms with Crippen molar-refractivity contribution in [3.05, 3.63) is 46.8 Å². The van der Waals surface area contributed by atoms with Crippen LogP contribution in [0.2, 0.25) is 0 Å². The number of rotatable bonds is 3. The van der Waals surface area contributed by atoms with Gasteiger partial charge < -0.3 is 10.2 Å². The van der Waals surface area contributed by atoms with Crippen molar-refractivity contribution in [3.8, 4) is 0 Å². The van der Waals surface area contributed by atoms with Crippen molar-refractivity contribution in [2.45, 2.75) is 12.5 Å². The number of nitrogens with zero attached hydrogens (tertiary/aromatic N) is 2. The van der Waals surface area contributed by atoms with E-state index in [4.69, 9.17) is 0 Å². The largest absolute Gasteiger partial charge is 0.354 e. The topological polar surface area (TPSA) is 45.2 Å².